The molecule has 2 saturated carbocycles. The minimum atomic E-state index is -0.507. The van der Waals surface area contributed by atoms with Crippen molar-refractivity contribution in [2.45, 2.75) is 70.6 Å². The van der Waals surface area contributed by atoms with E-state index in [0.29, 0.717) is 32.2 Å². The zero-order valence-corrected chi connectivity index (χ0v) is 17.0. The van der Waals surface area contributed by atoms with Crippen molar-refractivity contribution in [3.63, 3.8) is 0 Å². The van der Waals surface area contributed by atoms with Gasteiger partial charge in [0.2, 0.25) is 5.91 Å². The first-order chi connectivity index (χ1) is 12.8. The lowest BCUT2D eigenvalue weighted by Gasteiger charge is -2.41. The molecule has 2 aliphatic carbocycles. The Balaban J connectivity index is 1.54. The quantitative estimate of drug-likeness (QED) is 0.735. The maximum Gasteiger partial charge on any atom is 0.410 e. The number of nitrogens with one attached hydrogen (secondary N) is 2. The zero-order chi connectivity index (χ0) is 19.4. The first-order valence-corrected chi connectivity index (χ1v) is 10.4. The Labute approximate surface area is 162 Å². The fourth-order valence-corrected chi connectivity index (χ4v) is 4.09. The summed E-state index contributed by atoms with van der Waals surface area (Å²) >= 11 is 0. The van der Waals surface area contributed by atoms with Crippen LogP contribution >= 0.6 is 0 Å². The number of hydrogen-bond donors (Lipinski definition) is 2. The van der Waals surface area contributed by atoms with Gasteiger partial charge >= 0.3 is 6.09 Å². The van der Waals surface area contributed by atoms with Crippen LogP contribution in [0.3, 0.4) is 0 Å². The summed E-state index contributed by atoms with van der Waals surface area (Å²) in [7, 11) is 0. The third-order valence-corrected chi connectivity index (χ3v) is 5.67. The van der Waals surface area contributed by atoms with E-state index in [1.807, 2.05) is 25.7 Å². The first kappa shape index (κ1) is 20.4. The summed E-state index contributed by atoms with van der Waals surface area (Å²) in [4.78, 5) is 26.6. The zero-order valence-electron chi connectivity index (χ0n) is 17.0. The van der Waals surface area contributed by atoms with Crippen LogP contribution < -0.4 is 10.6 Å². The SMILES string of the molecule is CC(C)(C)OC(=O)N1CCOC[C@@H]1[C@H]1CCC[C@H]1NCC(=O)NCC1CC1. The highest BCUT2D eigenvalue weighted by atomic mass is 16.6. The molecule has 0 unspecified atom stereocenters. The number of amides is 2. The van der Waals surface area contributed by atoms with Crippen LogP contribution in [-0.2, 0) is 14.3 Å². The van der Waals surface area contributed by atoms with Gasteiger partial charge in [0.25, 0.3) is 0 Å². The van der Waals surface area contributed by atoms with Gasteiger partial charge in [0.15, 0.2) is 0 Å². The second-order valence-electron chi connectivity index (χ2n) is 9.15. The third kappa shape index (κ3) is 6.07. The van der Waals surface area contributed by atoms with Crippen molar-refractivity contribution >= 4 is 12.0 Å². The number of nitrogens with zero attached hydrogens (tertiary/aromatic N) is 1. The molecule has 3 atom stereocenters. The molecular formula is C20H35N3O4. The van der Waals surface area contributed by atoms with E-state index in [0.717, 1.165) is 25.8 Å². The summed E-state index contributed by atoms with van der Waals surface area (Å²) in [5.74, 6) is 1.04. The number of hydrogen-bond acceptors (Lipinski definition) is 5. The molecule has 154 valence electrons. The lowest BCUT2D eigenvalue weighted by Crippen LogP contribution is -2.56. The number of morpholine rings is 1. The highest BCUT2D eigenvalue weighted by Crippen LogP contribution is 2.33. The first-order valence-electron chi connectivity index (χ1n) is 10.4. The fourth-order valence-electron chi connectivity index (χ4n) is 4.09. The average molecular weight is 382 g/mol. The van der Waals surface area contributed by atoms with Gasteiger partial charge < -0.3 is 25.0 Å². The Kier molecular flexibility index (Phi) is 6.63. The van der Waals surface area contributed by atoms with Gasteiger partial charge in [-0.05, 0) is 58.3 Å². The second-order valence-corrected chi connectivity index (χ2v) is 9.15. The Hall–Kier alpha value is -1.34. The van der Waals surface area contributed by atoms with Gasteiger partial charge in [-0.1, -0.05) is 6.42 Å². The van der Waals surface area contributed by atoms with Crippen molar-refractivity contribution in [2.75, 3.05) is 32.8 Å². The van der Waals surface area contributed by atoms with E-state index in [2.05, 4.69) is 10.6 Å². The predicted octanol–water partition coefficient (Wildman–Crippen LogP) is 1.91. The van der Waals surface area contributed by atoms with Crippen LogP contribution in [0, 0.1) is 11.8 Å². The molecule has 2 N–H and O–H groups in total. The van der Waals surface area contributed by atoms with Crippen molar-refractivity contribution in [2.24, 2.45) is 11.8 Å². The van der Waals surface area contributed by atoms with Gasteiger partial charge in [-0.15, -0.1) is 0 Å². The standard InChI is InChI=1S/C20H35N3O4/c1-20(2,3)27-19(25)23-9-10-26-13-17(23)15-5-4-6-16(15)21-12-18(24)22-11-14-7-8-14/h14-17,21H,4-13H2,1-3H3,(H,22,24)/t15-,16+,17+/m0/s1. The molecule has 7 nitrogen and oxygen atoms in total. The smallest absolute Gasteiger partial charge is 0.410 e. The molecule has 0 radical (unpaired) electrons. The fraction of sp³-hybridized carbons (Fsp3) is 0.900. The minimum absolute atomic E-state index is 0.00289. The van der Waals surface area contributed by atoms with Crippen LogP contribution in [0.15, 0.2) is 0 Å². The number of ether oxygens (including phenoxy) is 2. The molecule has 0 aromatic heterocycles. The average Bonchev–Trinajstić information content (AvgIpc) is 3.32. The van der Waals surface area contributed by atoms with Crippen molar-refractivity contribution < 1.29 is 19.1 Å². The largest absolute Gasteiger partial charge is 0.444 e. The molecule has 0 spiro atoms. The molecule has 2 amide bonds. The lowest BCUT2D eigenvalue weighted by atomic mass is 9.92. The molecule has 0 aromatic carbocycles. The summed E-state index contributed by atoms with van der Waals surface area (Å²) in [6.07, 6.45) is 5.38. The molecule has 27 heavy (non-hydrogen) atoms. The van der Waals surface area contributed by atoms with Crippen LogP contribution in [0.25, 0.3) is 0 Å². The molecule has 7 heteroatoms. The van der Waals surface area contributed by atoms with Crippen LogP contribution in [0.2, 0.25) is 0 Å². The van der Waals surface area contributed by atoms with Crippen molar-refractivity contribution in [3.8, 4) is 0 Å². The highest BCUT2D eigenvalue weighted by Gasteiger charge is 2.41. The Morgan fingerprint density at radius 1 is 1.19 bits per heavy atom. The molecule has 3 aliphatic rings. The lowest BCUT2D eigenvalue weighted by molar-refractivity contribution is -0.120. The van der Waals surface area contributed by atoms with Crippen molar-refractivity contribution in [1.82, 2.24) is 15.5 Å². The normalized spacial score (nSPS) is 28.9. The van der Waals surface area contributed by atoms with Gasteiger partial charge in [-0.25, -0.2) is 4.79 Å². The van der Waals surface area contributed by atoms with Gasteiger partial charge in [0.1, 0.15) is 5.60 Å². The summed E-state index contributed by atoms with van der Waals surface area (Å²) < 4.78 is 11.3. The van der Waals surface area contributed by atoms with Crippen LogP contribution in [-0.4, -0.2) is 67.4 Å². The third-order valence-electron chi connectivity index (χ3n) is 5.67. The predicted molar refractivity (Wildman–Crippen MR) is 102 cm³/mol. The van der Waals surface area contributed by atoms with E-state index < -0.39 is 5.60 Å². The van der Waals surface area contributed by atoms with E-state index in [9.17, 15) is 9.59 Å². The van der Waals surface area contributed by atoms with Crippen molar-refractivity contribution in [3.05, 3.63) is 0 Å². The Bertz CT molecular complexity index is 530. The topological polar surface area (TPSA) is 79.9 Å². The summed E-state index contributed by atoms with van der Waals surface area (Å²) in [6, 6.07) is 0.233. The van der Waals surface area contributed by atoms with Crippen LogP contribution in [0.1, 0.15) is 52.9 Å². The highest BCUT2D eigenvalue weighted by molar-refractivity contribution is 5.78. The molecule has 1 heterocycles. The summed E-state index contributed by atoms with van der Waals surface area (Å²) in [6.45, 7) is 8.46. The number of carbonyl (C=O) groups excluding carboxylic acids is 2. The summed E-state index contributed by atoms with van der Waals surface area (Å²) in [5, 5.41) is 6.44. The van der Waals surface area contributed by atoms with Crippen LogP contribution in [0.4, 0.5) is 4.79 Å². The molecule has 0 aromatic rings. The van der Waals surface area contributed by atoms with E-state index in [4.69, 9.17) is 9.47 Å². The molecule has 1 saturated heterocycles. The van der Waals surface area contributed by atoms with E-state index in [1.54, 1.807) is 0 Å². The molecular weight excluding hydrogens is 346 g/mol. The maximum absolute atomic E-state index is 12.7. The van der Waals surface area contributed by atoms with Gasteiger partial charge in [-0.2, -0.15) is 0 Å². The molecule has 3 rings (SSSR count). The molecule has 3 fully saturated rings. The van der Waals surface area contributed by atoms with E-state index in [1.165, 1.54) is 12.8 Å². The minimum Gasteiger partial charge on any atom is -0.444 e. The van der Waals surface area contributed by atoms with Gasteiger partial charge in [-0.3, -0.25) is 4.79 Å². The van der Waals surface area contributed by atoms with Gasteiger partial charge in [0.05, 0.1) is 25.8 Å². The maximum atomic E-state index is 12.7. The van der Waals surface area contributed by atoms with E-state index >= 15 is 0 Å². The number of rotatable bonds is 6. The molecule has 0 bridgehead atoms. The Morgan fingerprint density at radius 3 is 2.67 bits per heavy atom. The second kappa shape index (κ2) is 8.78. The van der Waals surface area contributed by atoms with E-state index in [-0.39, 0.29) is 30.0 Å². The number of carbonyl (C=O) groups is 2. The van der Waals surface area contributed by atoms with Crippen molar-refractivity contribution in [1.29, 1.82) is 0 Å². The van der Waals surface area contributed by atoms with Gasteiger partial charge in [0, 0.05) is 19.1 Å². The molecule has 1 aliphatic heterocycles. The van der Waals surface area contributed by atoms with Crippen LogP contribution in [0.5, 0.6) is 0 Å². The summed E-state index contributed by atoms with van der Waals surface area (Å²) in [5.41, 5.74) is -0.507. The monoisotopic (exact) mass is 381 g/mol. The Morgan fingerprint density at radius 2 is 1.96 bits per heavy atom.